The Morgan fingerprint density at radius 1 is 1.33 bits per heavy atom. The first kappa shape index (κ1) is 14.6. The van der Waals surface area contributed by atoms with E-state index in [9.17, 15) is 8.42 Å². The summed E-state index contributed by atoms with van der Waals surface area (Å²) in [4.78, 5) is 4.27. The molecule has 0 N–H and O–H groups in total. The highest BCUT2D eigenvalue weighted by Gasteiger charge is 2.20. The molecule has 1 aliphatic heterocycles. The fourth-order valence-corrected chi connectivity index (χ4v) is 3.47. The summed E-state index contributed by atoms with van der Waals surface area (Å²) in [5, 5.41) is 0.460. The van der Waals surface area contributed by atoms with Crippen molar-refractivity contribution in [3.63, 3.8) is 0 Å². The number of nitrogens with zero attached hydrogens (tertiary/aromatic N) is 1. The van der Waals surface area contributed by atoms with Gasteiger partial charge in [0.1, 0.15) is 17.4 Å². The summed E-state index contributed by atoms with van der Waals surface area (Å²) in [5.41, 5.74) is 0.491. The molecule has 0 bridgehead atoms. The molecule has 112 valence electrons. The molecular formula is C14H14ClNO4S. The third-order valence-corrected chi connectivity index (χ3v) is 4.75. The Morgan fingerprint density at radius 3 is 2.90 bits per heavy atom. The lowest BCUT2D eigenvalue weighted by molar-refractivity contribution is 0.00799. The lowest BCUT2D eigenvalue weighted by Gasteiger charge is -2.23. The highest BCUT2D eigenvalue weighted by molar-refractivity contribution is 8.14. The molecule has 7 heteroatoms. The first-order valence-corrected chi connectivity index (χ1v) is 8.93. The molecule has 1 aromatic heterocycles. The first-order chi connectivity index (χ1) is 10.1. The molecule has 1 unspecified atom stereocenters. The molecule has 2 heterocycles. The summed E-state index contributed by atoms with van der Waals surface area (Å²) in [7, 11) is 1.64. The summed E-state index contributed by atoms with van der Waals surface area (Å²) in [5.74, 6) is 0.546. The molecule has 21 heavy (non-hydrogen) atoms. The lowest BCUT2D eigenvalue weighted by atomic mass is 10.1. The number of rotatable bonds is 3. The number of hydrogen-bond acceptors (Lipinski definition) is 5. The third kappa shape index (κ3) is 3.12. The van der Waals surface area contributed by atoms with E-state index in [0.717, 1.165) is 19.4 Å². The van der Waals surface area contributed by atoms with Gasteiger partial charge in [0.25, 0.3) is 9.05 Å². The van der Waals surface area contributed by atoms with Crippen LogP contribution in [0, 0.1) is 0 Å². The van der Waals surface area contributed by atoms with E-state index in [1.54, 1.807) is 24.4 Å². The Balaban J connectivity index is 2.04. The zero-order valence-corrected chi connectivity index (χ0v) is 12.7. The molecule has 1 atom stereocenters. The van der Waals surface area contributed by atoms with Crippen molar-refractivity contribution < 1.29 is 17.9 Å². The number of fused-ring (bicyclic) bond motifs is 1. The van der Waals surface area contributed by atoms with E-state index >= 15 is 0 Å². The standard InChI is InChI=1S/C14H14ClNO4S/c15-21(17,18)13-6-5-12(14-11(13)4-1-7-16-14)20-10-3-2-8-19-9-10/h1,4-7,10H,2-3,8-9H2. The minimum Gasteiger partial charge on any atom is -0.486 e. The lowest BCUT2D eigenvalue weighted by Crippen LogP contribution is -2.28. The van der Waals surface area contributed by atoms with Crippen molar-refractivity contribution in [2.24, 2.45) is 0 Å². The fourth-order valence-electron chi connectivity index (χ4n) is 2.41. The number of ether oxygens (including phenoxy) is 2. The summed E-state index contributed by atoms with van der Waals surface area (Å²) >= 11 is 0. The Morgan fingerprint density at radius 2 is 2.19 bits per heavy atom. The van der Waals surface area contributed by atoms with Gasteiger partial charge in [0.15, 0.2) is 0 Å². The van der Waals surface area contributed by atoms with Gasteiger partial charge in [-0.3, -0.25) is 4.98 Å². The number of hydrogen-bond donors (Lipinski definition) is 0. The van der Waals surface area contributed by atoms with Crippen LogP contribution in [0.2, 0.25) is 0 Å². The van der Waals surface area contributed by atoms with E-state index < -0.39 is 9.05 Å². The smallest absolute Gasteiger partial charge is 0.261 e. The summed E-state index contributed by atoms with van der Waals surface area (Å²) < 4.78 is 34.5. The van der Waals surface area contributed by atoms with Crippen molar-refractivity contribution in [3.8, 4) is 5.75 Å². The van der Waals surface area contributed by atoms with Crippen LogP contribution >= 0.6 is 10.7 Å². The zero-order valence-electron chi connectivity index (χ0n) is 11.2. The van der Waals surface area contributed by atoms with Crippen LogP contribution in [0.15, 0.2) is 35.4 Å². The average molecular weight is 328 g/mol. The van der Waals surface area contributed by atoms with Gasteiger partial charge in [-0.25, -0.2) is 8.42 Å². The van der Waals surface area contributed by atoms with Gasteiger partial charge in [-0.1, -0.05) is 0 Å². The predicted octanol–water partition coefficient (Wildman–Crippen LogP) is 2.72. The average Bonchev–Trinajstić information content (AvgIpc) is 2.47. The van der Waals surface area contributed by atoms with Crippen molar-refractivity contribution in [1.82, 2.24) is 4.98 Å². The number of aromatic nitrogens is 1. The number of benzene rings is 1. The zero-order chi connectivity index (χ0) is 14.9. The highest BCUT2D eigenvalue weighted by atomic mass is 35.7. The van der Waals surface area contributed by atoms with Gasteiger partial charge in [0, 0.05) is 28.9 Å². The van der Waals surface area contributed by atoms with E-state index in [0.29, 0.717) is 23.3 Å². The fraction of sp³-hybridized carbons (Fsp3) is 0.357. The second-order valence-electron chi connectivity index (χ2n) is 4.86. The molecule has 1 saturated heterocycles. The molecule has 1 fully saturated rings. The summed E-state index contributed by atoms with van der Waals surface area (Å²) in [6.45, 7) is 1.28. The highest BCUT2D eigenvalue weighted by Crippen LogP contribution is 2.32. The molecule has 0 amide bonds. The van der Waals surface area contributed by atoms with E-state index in [4.69, 9.17) is 20.2 Å². The van der Waals surface area contributed by atoms with Crippen molar-refractivity contribution >= 4 is 30.6 Å². The van der Waals surface area contributed by atoms with Gasteiger partial charge in [-0.2, -0.15) is 0 Å². The maximum absolute atomic E-state index is 11.6. The van der Waals surface area contributed by atoms with E-state index in [1.807, 2.05) is 0 Å². The molecule has 0 radical (unpaired) electrons. The van der Waals surface area contributed by atoms with Gasteiger partial charge >= 0.3 is 0 Å². The SMILES string of the molecule is O=S(=O)(Cl)c1ccc(OC2CCCOC2)c2ncccc12. The number of halogens is 1. The molecule has 3 rings (SSSR count). The van der Waals surface area contributed by atoms with Gasteiger partial charge in [-0.05, 0) is 37.1 Å². The Bertz CT molecular complexity index is 757. The van der Waals surface area contributed by atoms with Crippen molar-refractivity contribution in [1.29, 1.82) is 0 Å². The maximum atomic E-state index is 11.6. The molecule has 1 aliphatic rings. The van der Waals surface area contributed by atoms with E-state index in [1.165, 1.54) is 6.07 Å². The molecule has 5 nitrogen and oxygen atoms in total. The van der Waals surface area contributed by atoms with Crippen molar-refractivity contribution in [2.45, 2.75) is 23.8 Å². The van der Waals surface area contributed by atoms with E-state index in [-0.39, 0.29) is 11.0 Å². The molecular weight excluding hydrogens is 314 g/mol. The quantitative estimate of drug-likeness (QED) is 0.811. The minimum absolute atomic E-state index is 0.0394. The minimum atomic E-state index is -3.83. The molecule has 1 aromatic carbocycles. The van der Waals surface area contributed by atoms with Crippen LogP contribution in [-0.4, -0.2) is 32.7 Å². The maximum Gasteiger partial charge on any atom is 0.261 e. The van der Waals surface area contributed by atoms with Crippen LogP contribution in [0.4, 0.5) is 0 Å². The van der Waals surface area contributed by atoms with Crippen molar-refractivity contribution in [3.05, 3.63) is 30.5 Å². The topological polar surface area (TPSA) is 65.5 Å². The van der Waals surface area contributed by atoms with Gasteiger partial charge in [0.05, 0.1) is 11.5 Å². The van der Waals surface area contributed by atoms with Crippen LogP contribution < -0.4 is 4.74 Å². The molecule has 0 aliphatic carbocycles. The van der Waals surface area contributed by atoms with Gasteiger partial charge in [-0.15, -0.1) is 0 Å². The van der Waals surface area contributed by atoms with Crippen molar-refractivity contribution in [2.75, 3.05) is 13.2 Å². The molecule has 0 spiro atoms. The van der Waals surface area contributed by atoms with E-state index in [2.05, 4.69) is 4.98 Å². The van der Waals surface area contributed by atoms with Crippen LogP contribution in [0.5, 0.6) is 5.75 Å². The monoisotopic (exact) mass is 327 g/mol. The second-order valence-corrected chi connectivity index (χ2v) is 7.39. The Hall–Kier alpha value is -1.37. The van der Waals surface area contributed by atoms with Crippen LogP contribution in [0.25, 0.3) is 10.9 Å². The first-order valence-electron chi connectivity index (χ1n) is 6.62. The Labute approximate surface area is 127 Å². The van der Waals surface area contributed by atoms with Crippen LogP contribution in [0.1, 0.15) is 12.8 Å². The third-order valence-electron chi connectivity index (χ3n) is 3.37. The van der Waals surface area contributed by atoms with Gasteiger partial charge < -0.3 is 9.47 Å². The summed E-state index contributed by atoms with van der Waals surface area (Å²) in [6, 6.07) is 6.38. The largest absolute Gasteiger partial charge is 0.486 e. The summed E-state index contributed by atoms with van der Waals surface area (Å²) in [6.07, 6.45) is 3.41. The Kier molecular flexibility index (Phi) is 4.01. The number of pyridine rings is 1. The van der Waals surface area contributed by atoms with Crippen LogP contribution in [-0.2, 0) is 13.8 Å². The van der Waals surface area contributed by atoms with Crippen LogP contribution in [0.3, 0.4) is 0 Å². The predicted molar refractivity (Wildman–Crippen MR) is 79.3 cm³/mol. The van der Waals surface area contributed by atoms with Gasteiger partial charge in [0.2, 0.25) is 0 Å². The molecule has 0 saturated carbocycles. The normalized spacial score (nSPS) is 19.6. The second kappa shape index (κ2) is 5.79. The molecule has 2 aromatic rings.